The summed E-state index contributed by atoms with van der Waals surface area (Å²) in [5, 5.41) is 0. The van der Waals surface area contributed by atoms with Gasteiger partial charge in [-0.1, -0.05) is 28.1 Å². The quantitative estimate of drug-likeness (QED) is 0.891. The van der Waals surface area contributed by atoms with Crippen molar-refractivity contribution in [3.63, 3.8) is 0 Å². The number of hydrogen-bond donors (Lipinski definition) is 1. The Hall–Kier alpha value is -1.39. The minimum Gasteiger partial charge on any atom is -0.489 e. The van der Waals surface area contributed by atoms with Crippen LogP contribution in [0.25, 0.3) is 0 Å². The maximum atomic E-state index is 13.3. The molecule has 2 nitrogen and oxygen atoms in total. The van der Waals surface area contributed by atoms with E-state index in [1.54, 1.807) is 0 Å². The summed E-state index contributed by atoms with van der Waals surface area (Å²) in [5.41, 5.74) is 8.76. The van der Waals surface area contributed by atoms with Crippen molar-refractivity contribution in [3.05, 3.63) is 63.4 Å². The Kier molecular flexibility index (Phi) is 4.78. The molecule has 0 aromatic heterocycles. The van der Waals surface area contributed by atoms with Crippen LogP contribution in [0.3, 0.4) is 0 Å². The van der Waals surface area contributed by atoms with Gasteiger partial charge >= 0.3 is 0 Å². The van der Waals surface area contributed by atoms with Gasteiger partial charge in [-0.15, -0.1) is 0 Å². The maximum absolute atomic E-state index is 13.3. The number of nitrogens with two attached hydrogens (primary N) is 1. The van der Waals surface area contributed by atoms with Crippen molar-refractivity contribution >= 4 is 15.9 Å². The molecule has 4 heteroatoms. The summed E-state index contributed by atoms with van der Waals surface area (Å²) in [5.74, 6) is 0.468. The van der Waals surface area contributed by atoms with Crippen LogP contribution >= 0.6 is 15.9 Å². The molecule has 0 aliphatic rings. The van der Waals surface area contributed by atoms with E-state index < -0.39 is 0 Å². The summed E-state index contributed by atoms with van der Waals surface area (Å²) in [6.07, 6.45) is 0. The van der Waals surface area contributed by atoms with Crippen molar-refractivity contribution < 1.29 is 9.13 Å². The molecule has 0 saturated heterocycles. The third-order valence-corrected chi connectivity index (χ3v) is 3.43. The summed E-state index contributed by atoms with van der Waals surface area (Å²) in [6, 6.07) is 10.5. The Labute approximate surface area is 126 Å². The highest BCUT2D eigenvalue weighted by Gasteiger charge is 2.09. The average molecular weight is 338 g/mol. The molecular weight excluding hydrogens is 321 g/mol. The zero-order chi connectivity index (χ0) is 14.7. The van der Waals surface area contributed by atoms with Crippen LogP contribution in [0.2, 0.25) is 0 Å². The average Bonchev–Trinajstić information content (AvgIpc) is 2.35. The normalized spacial score (nSPS) is 12.2. The van der Waals surface area contributed by atoms with E-state index >= 15 is 0 Å². The first-order chi connectivity index (χ1) is 9.45. The van der Waals surface area contributed by atoms with Crippen LogP contribution in [-0.4, -0.2) is 0 Å². The number of aryl methyl sites for hydroxylation is 1. The molecule has 0 saturated carbocycles. The van der Waals surface area contributed by atoms with Crippen molar-refractivity contribution in [3.8, 4) is 5.75 Å². The summed E-state index contributed by atoms with van der Waals surface area (Å²) in [7, 11) is 0. The van der Waals surface area contributed by atoms with Gasteiger partial charge in [-0.3, -0.25) is 0 Å². The van der Waals surface area contributed by atoms with Crippen molar-refractivity contribution in [1.82, 2.24) is 0 Å². The lowest BCUT2D eigenvalue weighted by molar-refractivity contribution is 0.300. The van der Waals surface area contributed by atoms with E-state index in [9.17, 15) is 4.39 Å². The second-order valence-corrected chi connectivity index (χ2v) is 5.81. The zero-order valence-electron chi connectivity index (χ0n) is 11.5. The third kappa shape index (κ3) is 3.81. The predicted molar refractivity (Wildman–Crippen MR) is 82.2 cm³/mol. The highest BCUT2D eigenvalue weighted by atomic mass is 79.9. The topological polar surface area (TPSA) is 35.2 Å². The van der Waals surface area contributed by atoms with Crippen LogP contribution in [0.4, 0.5) is 4.39 Å². The monoisotopic (exact) mass is 337 g/mol. The number of ether oxygens (including phenoxy) is 1. The molecule has 0 aliphatic carbocycles. The molecule has 0 fully saturated rings. The van der Waals surface area contributed by atoms with Crippen molar-refractivity contribution in [1.29, 1.82) is 0 Å². The Morgan fingerprint density at radius 2 is 2.00 bits per heavy atom. The lowest BCUT2D eigenvalue weighted by Gasteiger charge is -2.15. The van der Waals surface area contributed by atoms with Gasteiger partial charge < -0.3 is 10.5 Å². The first kappa shape index (κ1) is 15.0. The smallest absolute Gasteiger partial charge is 0.124 e. The summed E-state index contributed by atoms with van der Waals surface area (Å²) < 4.78 is 19.8. The zero-order valence-corrected chi connectivity index (χ0v) is 13.1. The van der Waals surface area contributed by atoms with Gasteiger partial charge in [0.05, 0.1) is 0 Å². The summed E-state index contributed by atoms with van der Waals surface area (Å²) in [6.45, 7) is 4.21. The third-order valence-electron chi connectivity index (χ3n) is 2.98. The molecule has 0 radical (unpaired) electrons. The number of hydrogen-bond acceptors (Lipinski definition) is 2. The lowest BCUT2D eigenvalue weighted by Crippen LogP contribution is -2.08. The van der Waals surface area contributed by atoms with Crippen molar-refractivity contribution in [2.75, 3.05) is 0 Å². The van der Waals surface area contributed by atoms with E-state index in [0.717, 1.165) is 22.4 Å². The minimum absolute atomic E-state index is 0.107. The first-order valence-electron chi connectivity index (χ1n) is 6.39. The van der Waals surface area contributed by atoms with E-state index in [0.29, 0.717) is 11.1 Å². The van der Waals surface area contributed by atoms with Gasteiger partial charge in [0.25, 0.3) is 0 Å². The van der Waals surface area contributed by atoms with Crippen LogP contribution in [0.1, 0.15) is 29.7 Å². The maximum Gasteiger partial charge on any atom is 0.124 e. The van der Waals surface area contributed by atoms with Gasteiger partial charge in [0.2, 0.25) is 0 Å². The fourth-order valence-corrected chi connectivity index (χ4v) is 2.51. The molecule has 0 amide bonds. The van der Waals surface area contributed by atoms with Crippen molar-refractivity contribution in [2.24, 2.45) is 5.73 Å². The molecule has 2 aromatic carbocycles. The van der Waals surface area contributed by atoms with Crippen LogP contribution in [0, 0.1) is 12.7 Å². The molecule has 0 spiro atoms. The van der Waals surface area contributed by atoms with Gasteiger partial charge in [-0.05, 0) is 49.2 Å². The fourth-order valence-electron chi connectivity index (χ4n) is 2.00. The molecule has 106 valence electrons. The van der Waals surface area contributed by atoms with E-state index in [1.807, 2.05) is 38.1 Å². The molecule has 0 unspecified atom stereocenters. The molecule has 0 aliphatic heterocycles. The largest absolute Gasteiger partial charge is 0.489 e. The van der Waals surface area contributed by atoms with Gasteiger partial charge in [0.1, 0.15) is 18.2 Å². The van der Waals surface area contributed by atoms with Crippen molar-refractivity contribution in [2.45, 2.75) is 26.5 Å². The standard InChI is InChI=1S/C16H17BrFNO/c1-10-3-4-15(11(2)19)16(5-10)20-9-12-6-13(17)8-14(18)7-12/h3-8,11H,9,19H2,1-2H3/t11-/m0/s1. The second-order valence-electron chi connectivity index (χ2n) is 4.90. The van der Waals surface area contributed by atoms with Gasteiger partial charge in [-0.25, -0.2) is 4.39 Å². The number of benzene rings is 2. The molecule has 2 N–H and O–H groups in total. The van der Waals surface area contributed by atoms with Gasteiger partial charge in [-0.2, -0.15) is 0 Å². The minimum atomic E-state index is -0.283. The number of halogens is 2. The highest BCUT2D eigenvalue weighted by Crippen LogP contribution is 2.26. The Bertz CT molecular complexity index is 593. The van der Waals surface area contributed by atoms with Crippen LogP contribution in [0.5, 0.6) is 5.75 Å². The first-order valence-corrected chi connectivity index (χ1v) is 7.19. The van der Waals surface area contributed by atoms with E-state index in [4.69, 9.17) is 10.5 Å². The van der Waals surface area contributed by atoms with E-state index in [1.165, 1.54) is 12.1 Å². The molecule has 2 rings (SSSR count). The van der Waals surface area contributed by atoms with E-state index in [2.05, 4.69) is 15.9 Å². The number of rotatable bonds is 4. The molecular formula is C16H17BrFNO. The Morgan fingerprint density at radius 3 is 2.65 bits per heavy atom. The molecule has 2 aromatic rings. The predicted octanol–water partition coefficient (Wildman–Crippen LogP) is 4.50. The van der Waals surface area contributed by atoms with Crippen LogP contribution < -0.4 is 10.5 Å². The molecule has 0 bridgehead atoms. The summed E-state index contributed by atoms with van der Waals surface area (Å²) >= 11 is 3.27. The van der Waals surface area contributed by atoms with E-state index in [-0.39, 0.29) is 11.9 Å². The summed E-state index contributed by atoms with van der Waals surface area (Å²) in [4.78, 5) is 0. The van der Waals surface area contributed by atoms with Gasteiger partial charge in [0, 0.05) is 16.1 Å². The Balaban J connectivity index is 2.20. The van der Waals surface area contributed by atoms with Crippen LogP contribution in [-0.2, 0) is 6.61 Å². The van der Waals surface area contributed by atoms with Crippen LogP contribution in [0.15, 0.2) is 40.9 Å². The fraction of sp³-hybridized carbons (Fsp3) is 0.250. The van der Waals surface area contributed by atoms with Gasteiger partial charge in [0.15, 0.2) is 0 Å². The highest BCUT2D eigenvalue weighted by molar-refractivity contribution is 9.10. The molecule has 1 atom stereocenters. The second kappa shape index (κ2) is 6.37. The Morgan fingerprint density at radius 1 is 1.25 bits per heavy atom. The molecule has 0 heterocycles. The lowest BCUT2D eigenvalue weighted by atomic mass is 10.1. The SMILES string of the molecule is Cc1ccc([C@H](C)N)c(OCc2cc(F)cc(Br)c2)c1. The molecule has 20 heavy (non-hydrogen) atoms.